The number of hydrogen-bond donors (Lipinski definition) is 0. The largest absolute Gasteiger partial charge is 0.380 e. The Hall–Kier alpha value is -2.64. The molecule has 0 aliphatic carbocycles. The van der Waals surface area contributed by atoms with Crippen molar-refractivity contribution in [2.75, 3.05) is 7.11 Å². The van der Waals surface area contributed by atoms with Gasteiger partial charge in [-0.25, -0.2) is 0 Å². The van der Waals surface area contributed by atoms with Crippen molar-refractivity contribution in [1.29, 1.82) is 5.26 Å². The molecular formula is C20H22N2O2. The summed E-state index contributed by atoms with van der Waals surface area (Å²) in [4.78, 5) is 14.7. The molecule has 0 unspecified atom stereocenters. The quantitative estimate of drug-likeness (QED) is 0.814. The smallest absolute Gasteiger partial charge is 0.254 e. The lowest BCUT2D eigenvalue weighted by atomic mass is 10.1. The molecule has 24 heavy (non-hydrogen) atoms. The van der Waals surface area contributed by atoms with Gasteiger partial charge in [-0.15, -0.1) is 0 Å². The molecule has 124 valence electrons. The van der Waals surface area contributed by atoms with Gasteiger partial charge in [-0.05, 0) is 49.2 Å². The van der Waals surface area contributed by atoms with Crippen molar-refractivity contribution in [3.05, 3.63) is 70.8 Å². The lowest BCUT2D eigenvalue weighted by molar-refractivity contribution is 0.0690. The molecule has 4 heteroatoms. The van der Waals surface area contributed by atoms with Gasteiger partial charge in [-0.3, -0.25) is 4.79 Å². The summed E-state index contributed by atoms with van der Waals surface area (Å²) in [5, 5.41) is 8.88. The Kier molecular flexibility index (Phi) is 6.11. The molecular weight excluding hydrogens is 300 g/mol. The van der Waals surface area contributed by atoms with E-state index in [1.807, 2.05) is 55.1 Å². The Bertz CT molecular complexity index is 730. The van der Waals surface area contributed by atoms with Crippen LogP contribution < -0.4 is 0 Å². The highest BCUT2D eigenvalue weighted by molar-refractivity contribution is 5.94. The van der Waals surface area contributed by atoms with Crippen molar-refractivity contribution < 1.29 is 9.53 Å². The van der Waals surface area contributed by atoms with Gasteiger partial charge >= 0.3 is 0 Å². The molecule has 0 aromatic heterocycles. The van der Waals surface area contributed by atoms with Crippen LogP contribution >= 0.6 is 0 Å². The second-order valence-corrected chi connectivity index (χ2v) is 5.97. The van der Waals surface area contributed by atoms with Crippen molar-refractivity contribution in [3.8, 4) is 6.07 Å². The number of ether oxygens (including phenoxy) is 1. The Balaban J connectivity index is 2.21. The normalized spacial score (nSPS) is 10.5. The molecule has 0 atom stereocenters. The fraction of sp³-hybridized carbons (Fsp3) is 0.300. The molecule has 0 heterocycles. The first-order valence-corrected chi connectivity index (χ1v) is 7.93. The zero-order valence-electron chi connectivity index (χ0n) is 14.3. The number of nitriles is 1. The molecule has 0 bridgehead atoms. The van der Waals surface area contributed by atoms with Crippen LogP contribution in [-0.2, 0) is 17.9 Å². The lowest BCUT2D eigenvalue weighted by Gasteiger charge is -2.27. The van der Waals surface area contributed by atoms with Gasteiger partial charge in [0.05, 0.1) is 18.2 Å². The molecule has 4 nitrogen and oxygen atoms in total. The van der Waals surface area contributed by atoms with E-state index in [4.69, 9.17) is 10.00 Å². The minimum atomic E-state index is -0.00712. The van der Waals surface area contributed by atoms with Gasteiger partial charge in [0, 0.05) is 25.3 Å². The van der Waals surface area contributed by atoms with Crippen LogP contribution in [0.15, 0.2) is 48.5 Å². The monoisotopic (exact) mass is 322 g/mol. The van der Waals surface area contributed by atoms with Crippen LogP contribution in [0, 0.1) is 11.3 Å². The van der Waals surface area contributed by atoms with Gasteiger partial charge in [0.1, 0.15) is 0 Å². The fourth-order valence-electron chi connectivity index (χ4n) is 2.50. The van der Waals surface area contributed by atoms with E-state index in [1.165, 1.54) is 0 Å². The number of amides is 1. The number of carbonyl (C=O) groups is 1. The highest BCUT2D eigenvalue weighted by Crippen LogP contribution is 2.15. The van der Waals surface area contributed by atoms with Crippen LogP contribution in [0.25, 0.3) is 0 Å². The van der Waals surface area contributed by atoms with Crippen LogP contribution in [0.5, 0.6) is 0 Å². The third-order valence-electron chi connectivity index (χ3n) is 3.81. The molecule has 0 saturated carbocycles. The summed E-state index contributed by atoms with van der Waals surface area (Å²) in [6.45, 7) is 5.00. The summed E-state index contributed by atoms with van der Waals surface area (Å²) in [7, 11) is 1.64. The SMILES string of the molecule is COCc1cccc(C(=O)N(Cc2ccc(C#N)cc2)C(C)C)c1. The standard InChI is InChI=1S/C20H22N2O2/c1-15(2)22(13-17-9-7-16(12-21)8-10-17)20(23)19-6-4-5-18(11-19)14-24-3/h4-11,15H,13-14H2,1-3H3. The summed E-state index contributed by atoms with van der Waals surface area (Å²) in [5.41, 5.74) is 3.26. The summed E-state index contributed by atoms with van der Waals surface area (Å²) in [5.74, 6) is -0.00712. The van der Waals surface area contributed by atoms with Crippen LogP contribution in [0.4, 0.5) is 0 Å². The first kappa shape index (κ1) is 17.7. The van der Waals surface area contributed by atoms with E-state index in [0.717, 1.165) is 11.1 Å². The maximum absolute atomic E-state index is 12.9. The van der Waals surface area contributed by atoms with Crippen molar-refractivity contribution >= 4 is 5.91 Å². The number of benzene rings is 2. The van der Waals surface area contributed by atoms with Crippen LogP contribution in [0.1, 0.15) is 40.9 Å². The first-order chi connectivity index (χ1) is 11.5. The molecule has 0 spiro atoms. The summed E-state index contributed by atoms with van der Waals surface area (Å²) in [6.07, 6.45) is 0. The maximum atomic E-state index is 12.9. The van der Waals surface area contributed by atoms with Gasteiger partial charge in [0.2, 0.25) is 0 Å². The molecule has 0 radical (unpaired) electrons. The van der Waals surface area contributed by atoms with Gasteiger partial charge < -0.3 is 9.64 Å². The van der Waals surface area contributed by atoms with Gasteiger partial charge in [-0.1, -0.05) is 24.3 Å². The van der Waals surface area contributed by atoms with Crippen LogP contribution in [0.2, 0.25) is 0 Å². The van der Waals surface area contributed by atoms with Crippen molar-refractivity contribution in [3.63, 3.8) is 0 Å². The molecule has 2 rings (SSSR count). The Morgan fingerprint density at radius 1 is 1.17 bits per heavy atom. The molecule has 2 aromatic carbocycles. The number of rotatable bonds is 6. The number of nitrogens with zero attached hydrogens (tertiary/aromatic N) is 2. The molecule has 1 amide bonds. The van der Waals surface area contributed by atoms with E-state index in [0.29, 0.717) is 24.3 Å². The molecule has 0 aliphatic heterocycles. The third-order valence-corrected chi connectivity index (χ3v) is 3.81. The van der Waals surface area contributed by atoms with Gasteiger partial charge in [0.15, 0.2) is 0 Å². The van der Waals surface area contributed by atoms with E-state index >= 15 is 0 Å². The minimum Gasteiger partial charge on any atom is -0.380 e. The number of hydrogen-bond acceptors (Lipinski definition) is 3. The molecule has 0 aliphatic rings. The van der Waals surface area contributed by atoms with E-state index in [1.54, 1.807) is 19.2 Å². The van der Waals surface area contributed by atoms with E-state index in [-0.39, 0.29) is 11.9 Å². The Labute approximate surface area is 143 Å². The van der Waals surface area contributed by atoms with Crippen molar-refractivity contribution in [1.82, 2.24) is 4.90 Å². The Morgan fingerprint density at radius 2 is 1.88 bits per heavy atom. The highest BCUT2D eigenvalue weighted by Gasteiger charge is 2.19. The summed E-state index contributed by atoms with van der Waals surface area (Å²) in [6, 6.07) is 17.0. The predicted octanol–water partition coefficient (Wildman–Crippen LogP) is 3.76. The van der Waals surface area contributed by atoms with E-state index in [2.05, 4.69) is 6.07 Å². The minimum absolute atomic E-state index is 0.00712. The summed E-state index contributed by atoms with van der Waals surface area (Å²) >= 11 is 0. The average Bonchev–Trinajstić information content (AvgIpc) is 2.60. The zero-order chi connectivity index (χ0) is 17.5. The maximum Gasteiger partial charge on any atom is 0.254 e. The number of carbonyl (C=O) groups excluding carboxylic acids is 1. The predicted molar refractivity (Wildman–Crippen MR) is 93.3 cm³/mol. The van der Waals surface area contributed by atoms with Crippen molar-refractivity contribution in [2.45, 2.75) is 33.0 Å². The second-order valence-electron chi connectivity index (χ2n) is 5.97. The molecule has 0 saturated heterocycles. The van der Waals surface area contributed by atoms with Crippen LogP contribution in [-0.4, -0.2) is 24.0 Å². The van der Waals surface area contributed by atoms with E-state index < -0.39 is 0 Å². The first-order valence-electron chi connectivity index (χ1n) is 7.93. The zero-order valence-corrected chi connectivity index (χ0v) is 14.3. The van der Waals surface area contributed by atoms with Gasteiger partial charge in [-0.2, -0.15) is 5.26 Å². The molecule has 0 fully saturated rings. The molecule has 0 N–H and O–H groups in total. The summed E-state index contributed by atoms with van der Waals surface area (Å²) < 4.78 is 5.14. The lowest BCUT2D eigenvalue weighted by Crippen LogP contribution is -2.36. The van der Waals surface area contributed by atoms with Gasteiger partial charge in [0.25, 0.3) is 5.91 Å². The van der Waals surface area contributed by atoms with Crippen LogP contribution in [0.3, 0.4) is 0 Å². The average molecular weight is 322 g/mol. The fourth-order valence-corrected chi connectivity index (χ4v) is 2.50. The van der Waals surface area contributed by atoms with Crippen molar-refractivity contribution in [2.24, 2.45) is 0 Å². The Morgan fingerprint density at radius 3 is 2.46 bits per heavy atom. The second kappa shape index (κ2) is 8.28. The number of methoxy groups -OCH3 is 1. The highest BCUT2D eigenvalue weighted by atomic mass is 16.5. The topological polar surface area (TPSA) is 53.3 Å². The molecule has 2 aromatic rings. The third kappa shape index (κ3) is 4.43. The van der Waals surface area contributed by atoms with E-state index in [9.17, 15) is 4.79 Å².